The van der Waals surface area contributed by atoms with E-state index in [2.05, 4.69) is 0 Å². The third-order valence-electron chi connectivity index (χ3n) is 2.71. The highest BCUT2D eigenvalue weighted by atomic mass is 16.6. The Kier molecular flexibility index (Phi) is 1.96. The Hall–Kier alpha value is -1.58. The number of esters is 1. The lowest BCUT2D eigenvalue weighted by Crippen LogP contribution is -2.25. The van der Waals surface area contributed by atoms with E-state index in [1.54, 1.807) is 26.1 Å². The topological polar surface area (TPSA) is 48.3 Å². The molecule has 2 heterocycles. The lowest BCUT2D eigenvalue weighted by atomic mass is 9.98. The van der Waals surface area contributed by atoms with Crippen LogP contribution in [0.5, 0.6) is 0 Å². The SMILES string of the molecule is CCn1ccc2c(c1=O)C(=O)OC2(C)C. The monoisotopic (exact) mass is 207 g/mol. The summed E-state index contributed by atoms with van der Waals surface area (Å²) in [5.41, 5.74) is -0.0737. The van der Waals surface area contributed by atoms with E-state index in [-0.39, 0.29) is 11.1 Å². The Morgan fingerprint density at radius 2 is 2.07 bits per heavy atom. The fraction of sp³-hybridized carbons (Fsp3) is 0.455. The van der Waals surface area contributed by atoms with Crippen LogP contribution in [-0.2, 0) is 16.9 Å². The van der Waals surface area contributed by atoms with E-state index in [4.69, 9.17) is 4.74 Å². The molecule has 0 aliphatic carbocycles. The number of carbonyl (C=O) groups is 1. The van der Waals surface area contributed by atoms with Crippen LogP contribution in [0.25, 0.3) is 0 Å². The predicted molar refractivity (Wildman–Crippen MR) is 54.8 cm³/mol. The van der Waals surface area contributed by atoms with Crippen LogP contribution in [-0.4, -0.2) is 10.5 Å². The van der Waals surface area contributed by atoms with Gasteiger partial charge < -0.3 is 9.30 Å². The fourth-order valence-corrected chi connectivity index (χ4v) is 1.86. The summed E-state index contributed by atoms with van der Waals surface area (Å²) in [7, 11) is 0. The predicted octanol–water partition coefficient (Wildman–Crippen LogP) is 1.27. The number of ether oxygens (including phenoxy) is 1. The number of aromatic nitrogens is 1. The summed E-state index contributed by atoms with van der Waals surface area (Å²) in [6, 6.07) is 1.78. The van der Waals surface area contributed by atoms with Crippen LogP contribution in [0.3, 0.4) is 0 Å². The molecule has 0 amide bonds. The number of hydrogen-bond acceptors (Lipinski definition) is 3. The van der Waals surface area contributed by atoms with Crippen molar-refractivity contribution in [1.82, 2.24) is 4.57 Å². The number of aryl methyl sites for hydroxylation is 1. The van der Waals surface area contributed by atoms with Gasteiger partial charge in [-0.2, -0.15) is 0 Å². The second-order valence-corrected chi connectivity index (χ2v) is 4.10. The van der Waals surface area contributed by atoms with Crippen LogP contribution in [0.4, 0.5) is 0 Å². The highest BCUT2D eigenvalue weighted by molar-refractivity contribution is 5.94. The highest BCUT2D eigenvalue weighted by Crippen LogP contribution is 2.33. The molecular weight excluding hydrogens is 194 g/mol. The standard InChI is InChI=1S/C11H13NO3/c1-4-12-6-5-7-8(9(12)13)10(14)15-11(7,2)3/h5-6H,4H2,1-3H3. The number of fused-ring (bicyclic) bond motifs is 1. The van der Waals surface area contributed by atoms with Crippen LogP contribution in [0, 0.1) is 0 Å². The molecule has 0 unspecified atom stereocenters. The van der Waals surface area contributed by atoms with Gasteiger partial charge in [0.1, 0.15) is 11.2 Å². The van der Waals surface area contributed by atoms with Gasteiger partial charge in [-0.05, 0) is 26.8 Å². The molecule has 0 spiro atoms. The molecule has 1 aromatic rings. The van der Waals surface area contributed by atoms with Crippen molar-refractivity contribution in [2.24, 2.45) is 0 Å². The summed E-state index contributed by atoms with van der Waals surface area (Å²) in [6.45, 7) is 5.98. The summed E-state index contributed by atoms with van der Waals surface area (Å²) >= 11 is 0. The molecule has 2 rings (SSSR count). The number of carbonyl (C=O) groups excluding carboxylic acids is 1. The molecule has 4 nitrogen and oxygen atoms in total. The maximum Gasteiger partial charge on any atom is 0.345 e. The van der Waals surface area contributed by atoms with Crippen LogP contribution >= 0.6 is 0 Å². The molecule has 0 aromatic carbocycles. The molecule has 0 saturated heterocycles. The molecule has 0 N–H and O–H groups in total. The third kappa shape index (κ3) is 1.28. The number of pyridine rings is 1. The minimum absolute atomic E-state index is 0.185. The molecule has 1 aliphatic rings. The van der Waals surface area contributed by atoms with Gasteiger partial charge in [0, 0.05) is 18.3 Å². The zero-order valence-electron chi connectivity index (χ0n) is 9.03. The van der Waals surface area contributed by atoms with Crippen molar-refractivity contribution in [3.8, 4) is 0 Å². The van der Waals surface area contributed by atoms with E-state index in [1.165, 1.54) is 4.57 Å². The number of cyclic esters (lactones) is 1. The molecule has 0 saturated carbocycles. The lowest BCUT2D eigenvalue weighted by molar-refractivity contribution is 0.00950. The summed E-state index contributed by atoms with van der Waals surface area (Å²) in [6.07, 6.45) is 1.70. The molecule has 4 heteroatoms. The van der Waals surface area contributed by atoms with Gasteiger partial charge in [0.25, 0.3) is 5.56 Å². The quantitative estimate of drug-likeness (QED) is 0.651. The first-order chi connectivity index (χ1) is 6.97. The number of nitrogens with zero attached hydrogens (tertiary/aromatic N) is 1. The van der Waals surface area contributed by atoms with Gasteiger partial charge in [-0.15, -0.1) is 0 Å². The fourth-order valence-electron chi connectivity index (χ4n) is 1.86. The van der Waals surface area contributed by atoms with Crippen LogP contribution in [0.2, 0.25) is 0 Å². The molecule has 15 heavy (non-hydrogen) atoms. The van der Waals surface area contributed by atoms with Crippen molar-refractivity contribution in [2.45, 2.75) is 32.9 Å². The average Bonchev–Trinajstić information content (AvgIpc) is 2.38. The van der Waals surface area contributed by atoms with Crippen molar-refractivity contribution < 1.29 is 9.53 Å². The molecule has 0 radical (unpaired) electrons. The normalized spacial score (nSPS) is 17.4. The second kappa shape index (κ2) is 2.95. The molecule has 0 bridgehead atoms. The zero-order valence-corrected chi connectivity index (χ0v) is 9.03. The summed E-state index contributed by atoms with van der Waals surface area (Å²) in [4.78, 5) is 23.4. The van der Waals surface area contributed by atoms with Crippen molar-refractivity contribution in [3.05, 3.63) is 33.7 Å². The minimum Gasteiger partial charge on any atom is -0.451 e. The van der Waals surface area contributed by atoms with Crippen LogP contribution in [0.15, 0.2) is 17.1 Å². The van der Waals surface area contributed by atoms with Crippen molar-refractivity contribution in [2.75, 3.05) is 0 Å². The van der Waals surface area contributed by atoms with Gasteiger partial charge in [-0.25, -0.2) is 4.79 Å². The Morgan fingerprint density at radius 3 is 2.67 bits per heavy atom. The molecule has 0 fully saturated rings. The first-order valence-electron chi connectivity index (χ1n) is 4.94. The summed E-state index contributed by atoms with van der Waals surface area (Å²) in [5.74, 6) is -0.511. The van der Waals surface area contributed by atoms with Gasteiger partial charge in [-0.1, -0.05) is 0 Å². The first kappa shape index (κ1) is 9.96. The second-order valence-electron chi connectivity index (χ2n) is 4.10. The van der Waals surface area contributed by atoms with E-state index in [0.29, 0.717) is 12.1 Å². The molecule has 80 valence electrons. The number of rotatable bonds is 1. The average molecular weight is 207 g/mol. The summed E-state index contributed by atoms with van der Waals surface area (Å²) in [5, 5.41) is 0. The Balaban J connectivity index is 2.75. The van der Waals surface area contributed by atoms with Gasteiger partial charge in [-0.3, -0.25) is 4.79 Å². The smallest absolute Gasteiger partial charge is 0.345 e. The third-order valence-corrected chi connectivity index (χ3v) is 2.71. The van der Waals surface area contributed by atoms with Crippen molar-refractivity contribution in [3.63, 3.8) is 0 Å². The Bertz CT molecular complexity index is 485. The van der Waals surface area contributed by atoms with E-state index >= 15 is 0 Å². The minimum atomic E-state index is -0.682. The molecular formula is C11H13NO3. The van der Waals surface area contributed by atoms with Crippen molar-refractivity contribution in [1.29, 1.82) is 0 Å². The Morgan fingerprint density at radius 1 is 1.40 bits per heavy atom. The van der Waals surface area contributed by atoms with E-state index in [9.17, 15) is 9.59 Å². The molecule has 0 atom stereocenters. The highest BCUT2D eigenvalue weighted by Gasteiger charge is 2.40. The van der Waals surface area contributed by atoms with Crippen LogP contribution < -0.4 is 5.56 Å². The molecule has 1 aliphatic heterocycles. The summed E-state index contributed by atoms with van der Waals surface area (Å²) < 4.78 is 6.65. The van der Waals surface area contributed by atoms with Gasteiger partial charge in [0.2, 0.25) is 0 Å². The van der Waals surface area contributed by atoms with Gasteiger partial charge in [0.05, 0.1) is 0 Å². The van der Waals surface area contributed by atoms with E-state index in [1.807, 2.05) is 6.92 Å². The van der Waals surface area contributed by atoms with Crippen molar-refractivity contribution >= 4 is 5.97 Å². The van der Waals surface area contributed by atoms with Gasteiger partial charge >= 0.3 is 5.97 Å². The molecule has 1 aromatic heterocycles. The lowest BCUT2D eigenvalue weighted by Gasteiger charge is -2.17. The largest absolute Gasteiger partial charge is 0.451 e. The van der Waals surface area contributed by atoms with Gasteiger partial charge in [0.15, 0.2) is 0 Å². The maximum absolute atomic E-state index is 11.9. The first-order valence-corrected chi connectivity index (χ1v) is 4.94. The van der Waals surface area contributed by atoms with Crippen LogP contribution in [0.1, 0.15) is 36.7 Å². The maximum atomic E-state index is 11.9. The van der Waals surface area contributed by atoms with E-state index < -0.39 is 11.6 Å². The van der Waals surface area contributed by atoms with E-state index in [0.717, 1.165) is 0 Å². The zero-order chi connectivity index (χ0) is 11.2. The Labute approximate surface area is 87.5 Å². The number of hydrogen-bond donors (Lipinski definition) is 0.